The van der Waals surface area contributed by atoms with Gasteiger partial charge >= 0.3 is 0 Å². The van der Waals surface area contributed by atoms with Gasteiger partial charge in [-0.05, 0) is 72.3 Å². The van der Waals surface area contributed by atoms with E-state index in [-0.39, 0.29) is 23.4 Å². The molecular weight excluding hydrogens is 506 g/mol. The molecule has 3 rings (SSSR count). The molecule has 3 heterocycles. The number of alkyl halides is 1. The molecule has 38 heavy (non-hydrogen) atoms. The van der Waals surface area contributed by atoms with Crippen molar-refractivity contribution in [1.29, 1.82) is 0 Å². The highest BCUT2D eigenvalue weighted by molar-refractivity contribution is 6.18. The molecule has 0 bridgehead atoms. The summed E-state index contributed by atoms with van der Waals surface area (Å²) in [7, 11) is 0. The molecule has 0 spiro atoms. The first-order valence-corrected chi connectivity index (χ1v) is 13.7. The third kappa shape index (κ3) is 8.04. The van der Waals surface area contributed by atoms with Crippen molar-refractivity contribution in [2.24, 2.45) is 0 Å². The number of aryl methyl sites for hydroxylation is 1. The van der Waals surface area contributed by atoms with Crippen LogP contribution in [0.15, 0.2) is 0 Å². The van der Waals surface area contributed by atoms with E-state index in [2.05, 4.69) is 41.3 Å². The minimum atomic E-state index is -0.228. The Morgan fingerprint density at radius 3 is 1.89 bits per heavy atom. The van der Waals surface area contributed by atoms with Crippen molar-refractivity contribution in [3.63, 3.8) is 0 Å². The molecule has 2 aromatic heterocycles. The number of carbonyl (C=O) groups excluding carboxylic acids is 4. The van der Waals surface area contributed by atoms with E-state index in [9.17, 15) is 19.2 Å². The van der Waals surface area contributed by atoms with Gasteiger partial charge in [0.05, 0.1) is 0 Å². The molecule has 0 saturated heterocycles. The number of halogens is 1. The number of aromatic nitrogens is 2. The fourth-order valence-electron chi connectivity index (χ4n) is 4.78. The highest BCUT2D eigenvalue weighted by Gasteiger charge is 2.26. The number of hydrogen-bond acceptors (Lipinski definition) is 5. The van der Waals surface area contributed by atoms with E-state index >= 15 is 0 Å². The predicted octanol–water partition coefficient (Wildman–Crippen LogP) is 4.20. The zero-order valence-electron chi connectivity index (χ0n) is 24.4. The first-order valence-electron chi connectivity index (χ1n) is 13.1. The number of carbonyl (C=O) groups is 4. The predicted molar refractivity (Wildman–Crippen MR) is 153 cm³/mol. The van der Waals surface area contributed by atoms with Crippen molar-refractivity contribution in [3.05, 3.63) is 45.0 Å². The Kier molecular flexibility index (Phi) is 13.5. The van der Waals surface area contributed by atoms with Gasteiger partial charge in [-0.1, -0.05) is 20.8 Å². The van der Waals surface area contributed by atoms with Gasteiger partial charge < -0.3 is 25.1 Å². The molecule has 0 radical (unpaired) electrons. The highest BCUT2D eigenvalue weighted by Crippen LogP contribution is 2.24. The monoisotopic (exact) mass is 549 g/mol. The summed E-state index contributed by atoms with van der Waals surface area (Å²) in [4.78, 5) is 51.5. The number of amides is 2. The lowest BCUT2D eigenvalue weighted by molar-refractivity contribution is 0.0923. The van der Waals surface area contributed by atoms with Gasteiger partial charge in [-0.3, -0.25) is 19.2 Å². The molecule has 1 aliphatic rings. The van der Waals surface area contributed by atoms with Gasteiger partial charge in [-0.2, -0.15) is 0 Å². The second-order valence-electron chi connectivity index (χ2n) is 9.14. The summed E-state index contributed by atoms with van der Waals surface area (Å²) in [6, 6.07) is 0. The van der Waals surface area contributed by atoms with Gasteiger partial charge in [0.15, 0.2) is 11.6 Å². The van der Waals surface area contributed by atoms with Gasteiger partial charge in [-0.15, -0.1) is 11.6 Å². The summed E-state index contributed by atoms with van der Waals surface area (Å²) in [5.74, 6) is 0.0507. The van der Waals surface area contributed by atoms with Crippen LogP contribution >= 0.6 is 11.6 Å². The Hall–Kier alpha value is -2.91. The molecule has 0 fully saturated rings. The van der Waals surface area contributed by atoms with Crippen molar-refractivity contribution in [3.8, 4) is 0 Å². The lowest BCUT2D eigenvalue weighted by Gasteiger charge is -2.17. The third-order valence-electron chi connectivity index (χ3n) is 6.69. The normalized spacial score (nSPS) is 12.0. The molecule has 10 heteroatoms. The molecule has 212 valence electrons. The van der Waals surface area contributed by atoms with E-state index in [0.717, 1.165) is 23.5 Å². The Bertz CT molecular complexity index is 1140. The van der Waals surface area contributed by atoms with E-state index in [1.165, 1.54) is 26.6 Å². The highest BCUT2D eigenvalue weighted by atomic mass is 35.5. The molecule has 0 aliphatic carbocycles. The average Bonchev–Trinajstić information content (AvgIpc) is 3.31. The van der Waals surface area contributed by atoms with E-state index in [1.54, 1.807) is 20.8 Å². The number of nitrogens with zero attached hydrogens (tertiary/aromatic N) is 2. The topological polar surface area (TPSA) is 116 Å². The average molecular weight is 550 g/mol. The number of H-pyrrole nitrogens is 1. The fraction of sp³-hybridized carbons (Fsp3) is 0.571. The van der Waals surface area contributed by atoms with Crippen LogP contribution in [0.5, 0.6) is 0 Å². The van der Waals surface area contributed by atoms with Gasteiger partial charge in [0.25, 0.3) is 11.8 Å². The molecule has 9 nitrogen and oxygen atoms in total. The molecule has 3 N–H and O–H groups in total. The van der Waals surface area contributed by atoms with Crippen molar-refractivity contribution in [2.75, 3.05) is 38.6 Å². The van der Waals surface area contributed by atoms with Crippen LogP contribution in [0.1, 0.15) is 98.8 Å². The van der Waals surface area contributed by atoms with Gasteiger partial charge in [-0.25, -0.2) is 0 Å². The van der Waals surface area contributed by atoms with E-state index in [0.29, 0.717) is 47.0 Å². The Balaban J connectivity index is 0.000000307. The van der Waals surface area contributed by atoms with Gasteiger partial charge in [0.1, 0.15) is 11.4 Å². The zero-order valence-corrected chi connectivity index (χ0v) is 25.1. The first kappa shape index (κ1) is 33.1. The molecule has 0 aromatic carbocycles. The Morgan fingerprint density at radius 2 is 1.50 bits per heavy atom. The van der Waals surface area contributed by atoms with Gasteiger partial charge in [0, 0.05) is 48.0 Å². The van der Waals surface area contributed by atoms with Crippen LogP contribution in [-0.4, -0.2) is 76.4 Å². The molecule has 0 atom stereocenters. The number of fused-ring (bicyclic) bond motifs is 1. The van der Waals surface area contributed by atoms with Crippen molar-refractivity contribution in [2.45, 2.75) is 68.9 Å². The fourth-order valence-corrected chi connectivity index (χ4v) is 4.87. The number of ketones is 2. The maximum absolute atomic E-state index is 11.7. The summed E-state index contributed by atoms with van der Waals surface area (Å²) in [6.45, 7) is 22.2. The molecule has 0 saturated carbocycles. The van der Waals surface area contributed by atoms with Crippen LogP contribution in [0, 0.1) is 27.7 Å². The van der Waals surface area contributed by atoms with E-state index < -0.39 is 0 Å². The molecule has 2 aromatic rings. The van der Waals surface area contributed by atoms with Crippen molar-refractivity contribution in [1.82, 2.24) is 25.1 Å². The van der Waals surface area contributed by atoms with Crippen LogP contribution < -0.4 is 10.6 Å². The summed E-state index contributed by atoms with van der Waals surface area (Å²) in [5, 5.41) is 5.44. The Labute approximate surface area is 231 Å². The molecular formula is C28H44ClN5O4. The largest absolute Gasteiger partial charge is 0.354 e. The number of nitrogens with one attached hydrogen (secondary N) is 3. The maximum Gasteiger partial charge on any atom is 0.268 e. The summed E-state index contributed by atoms with van der Waals surface area (Å²) < 4.78 is 1.94. The number of Topliss-reactive ketones (excluding diaryl/α,β-unsaturated/α-hetero) is 2. The smallest absolute Gasteiger partial charge is 0.268 e. The minimum Gasteiger partial charge on any atom is -0.354 e. The van der Waals surface area contributed by atoms with Crippen molar-refractivity contribution >= 4 is 35.0 Å². The lowest BCUT2D eigenvalue weighted by Crippen LogP contribution is -2.35. The summed E-state index contributed by atoms with van der Waals surface area (Å²) in [5.41, 5.74) is 5.50. The van der Waals surface area contributed by atoms with Crippen molar-refractivity contribution < 1.29 is 19.2 Å². The Morgan fingerprint density at radius 1 is 0.947 bits per heavy atom. The van der Waals surface area contributed by atoms with Crippen LogP contribution in [0.25, 0.3) is 0 Å². The van der Waals surface area contributed by atoms with Crippen LogP contribution in [0.4, 0.5) is 0 Å². The third-order valence-corrected chi connectivity index (χ3v) is 6.88. The maximum atomic E-state index is 11.7. The second kappa shape index (κ2) is 15.5. The van der Waals surface area contributed by atoms with E-state index in [1.807, 2.05) is 18.4 Å². The summed E-state index contributed by atoms with van der Waals surface area (Å²) in [6.07, 6.45) is 0. The molecule has 0 unspecified atom stereocenters. The number of rotatable bonds is 8. The van der Waals surface area contributed by atoms with Crippen LogP contribution in [0.3, 0.4) is 0 Å². The quantitative estimate of drug-likeness (QED) is 0.337. The number of hydrogen-bond donors (Lipinski definition) is 3. The van der Waals surface area contributed by atoms with E-state index in [4.69, 9.17) is 11.6 Å². The standard InChI is InChI=1S/C11H15ClN2O2.C11H14N2O2.C6H15N/c1-6-9(8(3)15)7(2)14-10(6)11(16)13-5-4-12;1-6-9(8(3)14)7(2)13-5-4-12-11(15)10(6)13;1-4-7(5-2)6-3/h14H,4-5H2,1-3H3,(H,13,16);4-5H2,1-3H3,(H,12,15);4-6H2,1-3H3. The molecule has 1 aliphatic heterocycles. The summed E-state index contributed by atoms with van der Waals surface area (Å²) >= 11 is 5.48. The van der Waals surface area contributed by atoms with Crippen LogP contribution in [-0.2, 0) is 6.54 Å². The minimum absolute atomic E-state index is 0.0275. The lowest BCUT2D eigenvalue weighted by atomic mass is 10.1. The zero-order chi connectivity index (χ0) is 29.2. The number of aromatic amines is 1. The van der Waals surface area contributed by atoms with Crippen LogP contribution in [0.2, 0.25) is 0 Å². The first-order chi connectivity index (χ1) is 17.9. The molecule has 2 amide bonds. The van der Waals surface area contributed by atoms with Gasteiger partial charge in [0.2, 0.25) is 0 Å². The second-order valence-corrected chi connectivity index (χ2v) is 9.52. The SMILES string of the molecule is CC(=O)c1c(C)[nH]c(C(=O)NCCCl)c1C.CC(=O)c1c(C)c2n(c1C)CCNC2=O.CCN(CC)CC.